The van der Waals surface area contributed by atoms with Gasteiger partial charge >= 0.3 is 21.2 Å². The SMILES string of the molecule is O=c1[nH]c2ccc(S(=O)(=O)Oc3ccc(C4SCCS4)cc3)cc2[nH]c1=O. The maximum atomic E-state index is 12.5. The molecule has 4 rings (SSSR count). The topological polar surface area (TPSA) is 109 Å². The smallest absolute Gasteiger partial charge is 0.339 e. The number of benzene rings is 2. The Morgan fingerprint density at radius 2 is 1.52 bits per heavy atom. The third kappa shape index (κ3) is 3.78. The van der Waals surface area contributed by atoms with Crippen molar-refractivity contribution in [3.05, 3.63) is 68.7 Å². The summed E-state index contributed by atoms with van der Waals surface area (Å²) in [6.07, 6.45) is 0. The largest absolute Gasteiger partial charge is 0.379 e. The minimum Gasteiger partial charge on any atom is -0.379 e. The minimum atomic E-state index is -4.08. The lowest BCUT2D eigenvalue weighted by molar-refractivity contribution is 0.486. The average molecular weight is 423 g/mol. The molecule has 0 atom stereocenters. The summed E-state index contributed by atoms with van der Waals surface area (Å²) in [4.78, 5) is 27.4. The molecule has 0 bridgehead atoms. The van der Waals surface area contributed by atoms with Crippen LogP contribution in [-0.2, 0) is 10.1 Å². The van der Waals surface area contributed by atoms with E-state index in [1.807, 2.05) is 35.7 Å². The van der Waals surface area contributed by atoms with Crippen LogP contribution in [0.4, 0.5) is 0 Å². The van der Waals surface area contributed by atoms with Crippen molar-refractivity contribution in [2.24, 2.45) is 0 Å². The van der Waals surface area contributed by atoms with Gasteiger partial charge in [0.2, 0.25) is 0 Å². The first-order valence-corrected chi connectivity index (χ1v) is 11.5. The summed E-state index contributed by atoms with van der Waals surface area (Å²) in [5.41, 5.74) is 0.00750. The van der Waals surface area contributed by atoms with Crippen LogP contribution >= 0.6 is 23.5 Å². The van der Waals surface area contributed by atoms with Crippen LogP contribution < -0.4 is 15.3 Å². The zero-order valence-electron chi connectivity index (χ0n) is 13.8. The van der Waals surface area contributed by atoms with Crippen LogP contribution in [0, 0.1) is 0 Å². The Balaban J connectivity index is 1.61. The van der Waals surface area contributed by atoms with Gasteiger partial charge < -0.3 is 14.2 Å². The van der Waals surface area contributed by atoms with Crippen LogP contribution in [0.5, 0.6) is 5.75 Å². The summed E-state index contributed by atoms with van der Waals surface area (Å²) in [5.74, 6) is 2.43. The van der Waals surface area contributed by atoms with Crippen LogP contribution in [0.3, 0.4) is 0 Å². The van der Waals surface area contributed by atoms with Gasteiger partial charge in [-0.3, -0.25) is 9.59 Å². The van der Waals surface area contributed by atoms with Crippen LogP contribution in [0.15, 0.2) is 56.9 Å². The van der Waals surface area contributed by atoms with Crippen LogP contribution in [-0.4, -0.2) is 29.9 Å². The van der Waals surface area contributed by atoms with E-state index < -0.39 is 21.2 Å². The summed E-state index contributed by atoms with van der Waals surface area (Å²) >= 11 is 3.73. The number of fused-ring (bicyclic) bond motifs is 1. The normalized spacial score (nSPS) is 15.3. The van der Waals surface area contributed by atoms with Crippen molar-refractivity contribution < 1.29 is 12.6 Å². The van der Waals surface area contributed by atoms with Gasteiger partial charge in [-0.25, -0.2) is 0 Å². The van der Waals surface area contributed by atoms with Gasteiger partial charge in [0.05, 0.1) is 15.6 Å². The predicted molar refractivity (Wildman–Crippen MR) is 107 cm³/mol. The Hall–Kier alpha value is -2.17. The molecule has 2 aromatic carbocycles. The monoisotopic (exact) mass is 422 g/mol. The first-order chi connectivity index (χ1) is 12.9. The highest BCUT2D eigenvalue weighted by Crippen LogP contribution is 2.45. The molecule has 7 nitrogen and oxygen atoms in total. The highest BCUT2D eigenvalue weighted by molar-refractivity contribution is 8.19. The Morgan fingerprint density at radius 3 is 2.19 bits per heavy atom. The van der Waals surface area contributed by atoms with Crippen molar-refractivity contribution in [2.45, 2.75) is 9.48 Å². The highest BCUT2D eigenvalue weighted by atomic mass is 32.2. The Labute approximate surface area is 162 Å². The molecule has 2 N–H and O–H groups in total. The average Bonchev–Trinajstić information content (AvgIpc) is 3.17. The molecule has 1 aromatic heterocycles. The molecule has 0 amide bonds. The number of thioether (sulfide) groups is 2. The van der Waals surface area contributed by atoms with Gasteiger partial charge in [0, 0.05) is 11.5 Å². The van der Waals surface area contributed by atoms with Crippen molar-refractivity contribution in [3.8, 4) is 5.75 Å². The molecule has 1 fully saturated rings. The van der Waals surface area contributed by atoms with Crippen LogP contribution in [0.2, 0.25) is 0 Å². The lowest BCUT2D eigenvalue weighted by atomic mass is 10.2. The van der Waals surface area contributed by atoms with Gasteiger partial charge in [0.15, 0.2) is 0 Å². The fraction of sp³-hybridized carbons (Fsp3) is 0.176. The lowest BCUT2D eigenvalue weighted by Gasteiger charge is -2.11. The first kappa shape index (κ1) is 18.2. The number of aromatic nitrogens is 2. The molecule has 1 aliphatic rings. The third-order valence-corrected chi connectivity index (χ3v) is 8.31. The molecule has 2 heterocycles. The van der Waals surface area contributed by atoms with Gasteiger partial charge in [-0.05, 0) is 35.9 Å². The summed E-state index contributed by atoms with van der Waals surface area (Å²) in [7, 11) is -4.08. The molecule has 27 heavy (non-hydrogen) atoms. The zero-order valence-corrected chi connectivity index (χ0v) is 16.2. The quantitative estimate of drug-likeness (QED) is 0.491. The third-order valence-electron chi connectivity index (χ3n) is 3.96. The standard InChI is InChI=1S/C17H14N2O5S3/c20-15-16(21)19-14-9-12(5-6-13(14)18-15)27(22,23)24-11-3-1-10(2-4-11)17-25-7-8-26-17/h1-6,9,17H,7-8H2,(H,18,20)(H,19,21). The van der Waals surface area contributed by atoms with E-state index in [9.17, 15) is 18.0 Å². The Kier molecular flexibility index (Phi) is 4.79. The van der Waals surface area contributed by atoms with Crippen molar-refractivity contribution in [3.63, 3.8) is 0 Å². The van der Waals surface area contributed by atoms with Crippen LogP contribution in [0.25, 0.3) is 11.0 Å². The number of nitrogens with one attached hydrogen (secondary N) is 2. The first-order valence-electron chi connectivity index (χ1n) is 7.96. The molecule has 1 saturated heterocycles. The van der Waals surface area contributed by atoms with E-state index >= 15 is 0 Å². The molecule has 1 aliphatic heterocycles. The Bertz CT molecular complexity index is 1210. The van der Waals surface area contributed by atoms with E-state index in [1.54, 1.807) is 12.1 Å². The second kappa shape index (κ2) is 7.10. The number of hydrogen-bond acceptors (Lipinski definition) is 7. The van der Waals surface area contributed by atoms with Gasteiger partial charge in [-0.15, -0.1) is 23.5 Å². The van der Waals surface area contributed by atoms with Crippen molar-refractivity contribution in [1.82, 2.24) is 9.97 Å². The van der Waals surface area contributed by atoms with E-state index in [-0.39, 0.29) is 16.2 Å². The van der Waals surface area contributed by atoms with E-state index in [0.717, 1.165) is 17.1 Å². The van der Waals surface area contributed by atoms with E-state index in [0.29, 0.717) is 10.1 Å². The predicted octanol–water partition coefficient (Wildman–Crippen LogP) is 2.46. The van der Waals surface area contributed by atoms with Gasteiger partial charge in [0.25, 0.3) is 0 Å². The van der Waals surface area contributed by atoms with E-state index in [2.05, 4.69) is 9.97 Å². The number of hydrogen-bond donors (Lipinski definition) is 2. The maximum Gasteiger partial charge on any atom is 0.339 e. The molecule has 0 saturated carbocycles. The van der Waals surface area contributed by atoms with Gasteiger partial charge in [-0.1, -0.05) is 12.1 Å². The van der Waals surface area contributed by atoms with E-state index in [1.165, 1.54) is 18.2 Å². The lowest BCUT2D eigenvalue weighted by Crippen LogP contribution is -2.29. The molecular formula is C17H14N2O5S3. The summed E-state index contributed by atoms with van der Waals surface area (Å²) in [6.45, 7) is 0. The Morgan fingerprint density at radius 1 is 0.889 bits per heavy atom. The highest BCUT2D eigenvalue weighted by Gasteiger charge is 2.20. The van der Waals surface area contributed by atoms with Gasteiger partial charge in [0.1, 0.15) is 10.6 Å². The minimum absolute atomic E-state index is 0.122. The molecule has 0 aliphatic carbocycles. The molecule has 10 heteroatoms. The molecule has 140 valence electrons. The van der Waals surface area contributed by atoms with Crippen LogP contribution in [0.1, 0.15) is 10.1 Å². The van der Waals surface area contributed by atoms with Crippen molar-refractivity contribution in [1.29, 1.82) is 0 Å². The fourth-order valence-electron chi connectivity index (χ4n) is 2.66. The van der Waals surface area contributed by atoms with Gasteiger partial charge in [-0.2, -0.15) is 8.42 Å². The molecule has 0 unspecified atom stereocenters. The molecular weight excluding hydrogens is 408 g/mol. The second-order valence-corrected chi connectivity index (χ2v) is 10.1. The summed E-state index contributed by atoms with van der Waals surface area (Å²) in [5, 5.41) is 0. The number of H-pyrrole nitrogens is 2. The van der Waals surface area contributed by atoms with Crippen molar-refractivity contribution in [2.75, 3.05) is 11.5 Å². The second-order valence-electron chi connectivity index (χ2n) is 5.80. The molecule has 0 spiro atoms. The van der Waals surface area contributed by atoms with E-state index in [4.69, 9.17) is 4.18 Å². The zero-order chi connectivity index (χ0) is 19.0. The summed E-state index contributed by atoms with van der Waals surface area (Å²) in [6, 6.07) is 11.0. The van der Waals surface area contributed by atoms with Crippen molar-refractivity contribution >= 4 is 44.7 Å². The molecule has 3 aromatic rings. The summed E-state index contributed by atoms with van der Waals surface area (Å²) < 4.78 is 30.7. The number of rotatable bonds is 4. The number of aromatic amines is 2. The fourth-order valence-corrected chi connectivity index (χ4v) is 6.47. The molecule has 0 radical (unpaired) electrons. The maximum absolute atomic E-state index is 12.5.